The Bertz CT molecular complexity index is 474. The van der Waals surface area contributed by atoms with Crippen LogP contribution < -0.4 is 5.32 Å². The first kappa shape index (κ1) is 15.7. The number of benzene rings is 1. The van der Waals surface area contributed by atoms with Gasteiger partial charge in [0.25, 0.3) is 0 Å². The Hall–Kier alpha value is -1.71. The molecule has 0 bridgehead atoms. The van der Waals surface area contributed by atoms with Gasteiger partial charge in [0.2, 0.25) is 0 Å². The van der Waals surface area contributed by atoms with Crippen molar-refractivity contribution in [1.82, 2.24) is 10.3 Å². The van der Waals surface area contributed by atoms with Crippen LogP contribution in [0.15, 0.2) is 54.7 Å². The highest BCUT2D eigenvalue weighted by atomic mass is 16.3. The maximum atomic E-state index is 10.1. The molecule has 2 N–H and O–H groups in total. The third-order valence-electron chi connectivity index (χ3n) is 3.42. The van der Waals surface area contributed by atoms with Crippen LogP contribution in [0, 0.1) is 5.92 Å². The molecule has 0 spiro atoms. The molecule has 3 heteroatoms. The van der Waals surface area contributed by atoms with Crippen LogP contribution in [0.3, 0.4) is 0 Å². The van der Waals surface area contributed by atoms with Crippen molar-refractivity contribution in [3.63, 3.8) is 0 Å². The number of aromatic nitrogens is 1. The lowest BCUT2D eigenvalue weighted by atomic mass is 10.0. The summed E-state index contributed by atoms with van der Waals surface area (Å²) >= 11 is 0. The molecule has 0 saturated carbocycles. The van der Waals surface area contributed by atoms with Crippen LogP contribution >= 0.6 is 0 Å². The van der Waals surface area contributed by atoms with E-state index in [1.54, 1.807) is 6.20 Å². The second-order valence-electron chi connectivity index (χ2n) is 5.79. The maximum absolute atomic E-state index is 10.1. The van der Waals surface area contributed by atoms with Crippen molar-refractivity contribution >= 4 is 0 Å². The monoisotopic (exact) mass is 284 g/mol. The maximum Gasteiger partial charge on any atom is 0.0752 e. The molecule has 21 heavy (non-hydrogen) atoms. The molecule has 0 saturated heterocycles. The Morgan fingerprint density at radius 2 is 1.76 bits per heavy atom. The fourth-order valence-corrected chi connectivity index (χ4v) is 2.47. The number of nitrogens with one attached hydrogen (secondary N) is 1. The summed E-state index contributed by atoms with van der Waals surface area (Å²) < 4.78 is 0. The lowest BCUT2D eigenvalue weighted by Gasteiger charge is -2.21. The number of pyridine rings is 1. The van der Waals surface area contributed by atoms with Gasteiger partial charge in [-0.15, -0.1) is 0 Å². The van der Waals surface area contributed by atoms with Gasteiger partial charge in [-0.25, -0.2) is 0 Å². The predicted molar refractivity (Wildman–Crippen MR) is 86.0 cm³/mol. The average molecular weight is 284 g/mol. The largest absolute Gasteiger partial charge is 0.392 e. The van der Waals surface area contributed by atoms with Crippen molar-refractivity contribution in [3.05, 3.63) is 66.0 Å². The Morgan fingerprint density at radius 1 is 1.05 bits per heavy atom. The molecule has 1 aromatic carbocycles. The zero-order chi connectivity index (χ0) is 15.1. The molecule has 1 heterocycles. The van der Waals surface area contributed by atoms with Gasteiger partial charge in [-0.2, -0.15) is 0 Å². The number of hydrogen-bond donors (Lipinski definition) is 2. The molecule has 0 aliphatic heterocycles. The van der Waals surface area contributed by atoms with E-state index >= 15 is 0 Å². The summed E-state index contributed by atoms with van der Waals surface area (Å²) in [6.45, 7) is 4.81. The number of aliphatic hydroxyl groups is 1. The predicted octanol–water partition coefficient (Wildman–Crippen LogP) is 3.17. The van der Waals surface area contributed by atoms with Crippen LogP contribution in [-0.4, -0.2) is 22.7 Å². The highest BCUT2D eigenvalue weighted by Gasteiger charge is 2.16. The van der Waals surface area contributed by atoms with Crippen molar-refractivity contribution < 1.29 is 5.11 Å². The molecule has 0 fully saturated rings. The molecular weight excluding hydrogens is 260 g/mol. The van der Waals surface area contributed by atoms with Gasteiger partial charge in [-0.05, 0) is 30.0 Å². The number of nitrogens with zero attached hydrogens (tertiary/aromatic N) is 1. The standard InChI is InChI=1S/C18H24N2O/c1-14(2)12-16(21)13-20-18(15-8-4-3-5-9-15)17-10-6-7-11-19-17/h3-11,14,16,18,20-21H,12-13H2,1-2H3. The minimum absolute atomic E-state index is 0.00853. The Balaban J connectivity index is 2.10. The first-order valence-electron chi connectivity index (χ1n) is 7.54. The van der Waals surface area contributed by atoms with E-state index in [2.05, 4.69) is 36.3 Å². The molecule has 1 aromatic heterocycles. The molecule has 2 unspecified atom stereocenters. The number of hydrogen-bond acceptors (Lipinski definition) is 3. The molecular formula is C18H24N2O. The third kappa shape index (κ3) is 4.96. The van der Waals surface area contributed by atoms with Gasteiger partial charge in [-0.3, -0.25) is 4.98 Å². The fraction of sp³-hybridized carbons (Fsp3) is 0.389. The second kappa shape index (κ2) is 7.91. The molecule has 2 atom stereocenters. The summed E-state index contributed by atoms with van der Waals surface area (Å²) in [6.07, 6.45) is 2.27. The van der Waals surface area contributed by atoms with Crippen molar-refractivity contribution in [2.45, 2.75) is 32.4 Å². The second-order valence-corrected chi connectivity index (χ2v) is 5.79. The summed E-state index contributed by atoms with van der Waals surface area (Å²) in [5.41, 5.74) is 2.13. The number of rotatable bonds is 7. The molecule has 112 valence electrons. The van der Waals surface area contributed by atoms with Gasteiger partial charge in [-0.1, -0.05) is 50.2 Å². The van der Waals surface area contributed by atoms with E-state index in [1.165, 1.54) is 0 Å². The van der Waals surface area contributed by atoms with E-state index in [-0.39, 0.29) is 12.1 Å². The van der Waals surface area contributed by atoms with E-state index in [9.17, 15) is 5.11 Å². The van der Waals surface area contributed by atoms with E-state index in [4.69, 9.17) is 0 Å². The minimum atomic E-state index is -0.333. The highest BCUT2D eigenvalue weighted by Crippen LogP contribution is 2.20. The summed E-state index contributed by atoms with van der Waals surface area (Å²) in [7, 11) is 0. The van der Waals surface area contributed by atoms with Gasteiger partial charge in [0.15, 0.2) is 0 Å². The van der Waals surface area contributed by atoms with Crippen molar-refractivity contribution in [1.29, 1.82) is 0 Å². The Morgan fingerprint density at radius 3 is 2.38 bits per heavy atom. The summed E-state index contributed by atoms with van der Waals surface area (Å²) in [5, 5.41) is 13.5. The van der Waals surface area contributed by atoms with Crippen LogP contribution in [0.1, 0.15) is 37.6 Å². The molecule has 0 aliphatic carbocycles. The first-order chi connectivity index (χ1) is 10.2. The molecule has 0 aliphatic rings. The third-order valence-corrected chi connectivity index (χ3v) is 3.42. The smallest absolute Gasteiger partial charge is 0.0752 e. The molecule has 3 nitrogen and oxygen atoms in total. The summed E-state index contributed by atoms with van der Waals surface area (Å²) in [4.78, 5) is 4.45. The normalized spacial score (nSPS) is 14.1. The summed E-state index contributed by atoms with van der Waals surface area (Å²) in [5.74, 6) is 0.492. The Labute approximate surface area is 127 Å². The van der Waals surface area contributed by atoms with Gasteiger partial charge in [0, 0.05) is 12.7 Å². The van der Waals surface area contributed by atoms with Gasteiger partial charge in [0.1, 0.15) is 0 Å². The highest BCUT2D eigenvalue weighted by molar-refractivity contribution is 5.27. The zero-order valence-electron chi connectivity index (χ0n) is 12.7. The molecule has 0 amide bonds. The van der Waals surface area contributed by atoms with Crippen molar-refractivity contribution in [2.24, 2.45) is 5.92 Å². The SMILES string of the molecule is CC(C)CC(O)CNC(c1ccccc1)c1ccccn1. The van der Waals surface area contributed by atoms with Crippen LogP contribution in [0.2, 0.25) is 0 Å². The molecule has 0 radical (unpaired) electrons. The Kier molecular flexibility index (Phi) is 5.90. The van der Waals surface area contributed by atoms with Gasteiger partial charge in [0.05, 0.1) is 17.8 Å². The van der Waals surface area contributed by atoms with Crippen LogP contribution in [0.5, 0.6) is 0 Å². The van der Waals surface area contributed by atoms with Crippen molar-refractivity contribution in [3.8, 4) is 0 Å². The van der Waals surface area contributed by atoms with E-state index < -0.39 is 0 Å². The number of aliphatic hydroxyl groups excluding tert-OH is 1. The first-order valence-corrected chi connectivity index (χ1v) is 7.54. The zero-order valence-corrected chi connectivity index (χ0v) is 12.7. The van der Waals surface area contributed by atoms with Crippen molar-refractivity contribution in [2.75, 3.05) is 6.54 Å². The van der Waals surface area contributed by atoms with E-state index in [0.717, 1.165) is 17.7 Å². The minimum Gasteiger partial charge on any atom is -0.392 e. The van der Waals surface area contributed by atoms with E-state index in [1.807, 2.05) is 36.4 Å². The topological polar surface area (TPSA) is 45.1 Å². The summed E-state index contributed by atoms with van der Waals surface area (Å²) in [6, 6.07) is 16.2. The van der Waals surface area contributed by atoms with Crippen LogP contribution in [0.25, 0.3) is 0 Å². The lowest BCUT2D eigenvalue weighted by Crippen LogP contribution is -2.32. The van der Waals surface area contributed by atoms with E-state index in [0.29, 0.717) is 12.5 Å². The molecule has 2 rings (SSSR count). The lowest BCUT2D eigenvalue weighted by molar-refractivity contribution is 0.144. The molecule has 2 aromatic rings. The van der Waals surface area contributed by atoms with Gasteiger partial charge >= 0.3 is 0 Å². The van der Waals surface area contributed by atoms with Gasteiger partial charge < -0.3 is 10.4 Å². The quantitative estimate of drug-likeness (QED) is 0.821. The average Bonchev–Trinajstić information content (AvgIpc) is 2.49. The van der Waals surface area contributed by atoms with Crippen LogP contribution in [-0.2, 0) is 0 Å². The fourth-order valence-electron chi connectivity index (χ4n) is 2.47. The van der Waals surface area contributed by atoms with Crippen LogP contribution in [0.4, 0.5) is 0 Å².